The first-order chi connectivity index (χ1) is 9.62. The van der Waals surface area contributed by atoms with E-state index in [0.717, 1.165) is 12.8 Å². The molecule has 0 spiro atoms. The summed E-state index contributed by atoms with van der Waals surface area (Å²) in [5.74, 6) is -0.0175. The summed E-state index contributed by atoms with van der Waals surface area (Å²) in [5.41, 5.74) is 7.14. The first kappa shape index (κ1) is 15.8. The van der Waals surface area contributed by atoms with Crippen molar-refractivity contribution in [2.24, 2.45) is 0 Å². The van der Waals surface area contributed by atoms with E-state index in [9.17, 15) is 4.79 Å². The maximum absolute atomic E-state index is 12.4. The lowest BCUT2D eigenvalue weighted by molar-refractivity contribution is -0.0169. The third kappa shape index (κ3) is 3.38. The molecule has 1 aromatic rings. The number of hydrogen-bond acceptors (Lipinski definition) is 3. The lowest BCUT2D eigenvalue weighted by Gasteiger charge is -2.53. The Morgan fingerprint density at radius 3 is 2.10 bits per heavy atom. The van der Waals surface area contributed by atoms with Gasteiger partial charge in [-0.1, -0.05) is 0 Å². The molecule has 0 unspecified atom stereocenters. The average Bonchev–Trinajstić information content (AvgIpc) is 2.36. The molecule has 3 N–H and O–H groups in total. The second-order valence-corrected chi connectivity index (χ2v) is 7.38. The molecule has 0 aromatic heterocycles. The lowest BCUT2D eigenvalue weighted by Crippen LogP contribution is -2.62. The maximum atomic E-state index is 12.4. The Morgan fingerprint density at radius 1 is 1.14 bits per heavy atom. The van der Waals surface area contributed by atoms with Gasteiger partial charge in [-0.15, -0.1) is 0 Å². The van der Waals surface area contributed by atoms with Gasteiger partial charge in [-0.2, -0.15) is 0 Å². The standard InChI is InChI=1S/C17H27N3O/c1-16(2)10-14(11-17(3,4)20(16)5)19-15(21)12-6-8-13(18)9-7-12/h6-9,14H,10-11,18H2,1-5H3,(H,19,21). The predicted molar refractivity (Wildman–Crippen MR) is 87.3 cm³/mol. The number of rotatable bonds is 2. The number of carbonyl (C=O) groups excluding carboxylic acids is 1. The van der Waals surface area contributed by atoms with Crippen molar-refractivity contribution in [3.05, 3.63) is 29.8 Å². The fraction of sp³-hybridized carbons (Fsp3) is 0.588. The van der Waals surface area contributed by atoms with Crippen molar-refractivity contribution in [1.29, 1.82) is 0 Å². The van der Waals surface area contributed by atoms with E-state index in [4.69, 9.17) is 5.73 Å². The highest BCUT2D eigenvalue weighted by molar-refractivity contribution is 5.94. The molecule has 1 aromatic carbocycles. The lowest BCUT2D eigenvalue weighted by atomic mass is 9.77. The number of amides is 1. The van der Waals surface area contributed by atoms with E-state index in [1.165, 1.54) is 0 Å². The van der Waals surface area contributed by atoms with Gasteiger partial charge in [0, 0.05) is 28.4 Å². The summed E-state index contributed by atoms with van der Waals surface area (Å²) in [5, 5.41) is 3.18. The number of carbonyl (C=O) groups is 1. The van der Waals surface area contributed by atoms with Crippen molar-refractivity contribution < 1.29 is 4.79 Å². The van der Waals surface area contributed by atoms with E-state index < -0.39 is 0 Å². The number of anilines is 1. The largest absolute Gasteiger partial charge is 0.399 e. The third-order valence-corrected chi connectivity index (χ3v) is 4.82. The van der Waals surface area contributed by atoms with Crippen LogP contribution in [0, 0.1) is 0 Å². The number of benzene rings is 1. The van der Waals surface area contributed by atoms with Gasteiger partial charge < -0.3 is 11.1 Å². The van der Waals surface area contributed by atoms with Crippen LogP contribution in [0.5, 0.6) is 0 Å². The van der Waals surface area contributed by atoms with Crippen LogP contribution in [-0.4, -0.2) is 35.0 Å². The van der Waals surface area contributed by atoms with E-state index in [0.29, 0.717) is 11.3 Å². The van der Waals surface area contributed by atoms with Crippen LogP contribution < -0.4 is 11.1 Å². The average molecular weight is 289 g/mol. The minimum Gasteiger partial charge on any atom is -0.399 e. The second-order valence-electron chi connectivity index (χ2n) is 7.38. The topological polar surface area (TPSA) is 58.4 Å². The summed E-state index contributed by atoms with van der Waals surface area (Å²) in [7, 11) is 2.16. The van der Waals surface area contributed by atoms with Crippen molar-refractivity contribution in [3.63, 3.8) is 0 Å². The van der Waals surface area contributed by atoms with Gasteiger partial charge in [0.15, 0.2) is 0 Å². The molecule has 0 saturated carbocycles. The minimum atomic E-state index is -0.0175. The summed E-state index contributed by atoms with van der Waals surface area (Å²) in [6, 6.07) is 7.26. The van der Waals surface area contributed by atoms with Crippen LogP contribution in [0.1, 0.15) is 50.9 Å². The normalized spacial score (nSPS) is 22.0. The molecule has 0 radical (unpaired) electrons. The monoisotopic (exact) mass is 289 g/mol. The predicted octanol–water partition coefficient (Wildman–Crippen LogP) is 2.65. The number of likely N-dealkylation sites (tertiary alicyclic amines) is 1. The molecule has 0 aliphatic carbocycles. The van der Waals surface area contributed by atoms with Crippen molar-refractivity contribution >= 4 is 11.6 Å². The van der Waals surface area contributed by atoms with Gasteiger partial charge >= 0.3 is 0 Å². The summed E-state index contributed by atoms with van der Waals surface area (Å²) >= 11 is 0. The Bertz CT molecular complexity index is 501. The minimum absolute atomic E-state index is 0.0175. The van der Waals surface area contributed by atoms with E-state index in [2.05, 4.69) is 45.0 Å². The van der Waals surface area contributed by atoms with Crippen LogP contribution in [0.3, 0.4) is 0 Å². The molecule has 2 rings (SSSR count). The highest BCUT2D eigenvalue weighted by Crippen LogP contribution is 2.36. The van der Waals surface area contributed by atoms with E-state index >= 15 is 0 Å². The molecule has 1 amide bonds. The number of nitrogen functional groups attached to an aromatic ring is 1. The summed E-state index contributed by atoms with van der Waals surface area (Å²) in [4.78, 5) is 14.8. The number of hydrogen-bond donors (Lipinski definition) is 2. The summed E-state index contributed by atoms with van der Waals surface area (Å²) in [6.07, 6.45) is 1.90. The number of nitrogens with one attached hydrogen (secondary N) is 1. The van der Waals surface area contributed by atoms with Crippen LogP contribution in [-0.2, 0) is 0 Å². The fourth-order valence-electron chi connectivity index (χ4n) is 3.38. The third-order valence-electron chi connectivity index (χ3n) is 4.82. The SMILES string of the molecule is CN1C(C)(C)CC(NC(=O)c2ccc(N)cc2)CC1(C)C. The van der Waals surface area contributed by atoms with Crippen LogP contribution in [0.4, 0.5) is 5.69 Å². The Hall–Kier alpha value is -1.55. The molecule has 1 fully saturated rings. The Kier molecular flexibility index (Phi) is 4.02. The number of nitrogens with zero attached hydrogens (tertiary/aromatic N) is 1. The van der Waals surface area contributed by atoms with E-state index in [1.54, 1.807) is 24.3 Å². The molecule has 21 heavy (non-hydrogen) atoms. The van der Waals surface area contributed by atoms with E-state index in [-0.39, 0.29) is 23.0 Å². The first-order valence-electron chi connectivity index (χ1n) is 7.52. The van der Waals surface area contributed by atoms with E-state index in [1.807, 2.05) is 0 Å². The maximum Gasteiger partial charge on any atom is 0.251 e. The molecule has 4 heteroatoms. The molecule has 1 aliphatic heterocycles. The van der Waals surface area contributed by atoms with Crippen LogP contribution in [0.2, 0.25) is 0 Å². The number of nitrogens with two attached hydrogens (primary N) is 1. The zero-order valence-corrected chi connectivity index (χ0v) is 13.7. The molecule has 116 valence electrons. The molecule has 0 bridgehead atoms. The van der Waals surface area contributed by atoms with Crippen molar-refractivity contribution in [2.75, 3.05) is 12.8 Å². The molecule has 1 saturated heterocycles. The van der Waals surface area contributed by atoms with Gasteiger partial charge in [0.05, 0.1) is 0 Å². The second kappa shape index (κ2) is 5.34. The summed E-state index contributed by atoms with van der Waals surface area (Å²) in [6.45, 7) is 8.93. The van der Waals surface area contributed by atoms with Gasteiger partial charge in [0.1, 0.15) is 0 Å². The first-order valence-corrected chi connectivity index (χ1v) is 7.52. The van der Waals surface area contributed by atoms with Crippen LogP contribution in [0.15, 0.2) is 24.3 Å². The molecule has 1 aliphatic rings. The highest BCUT2D eigenvalue weighted by atomic mass is 16.1. The van der Waals surface area contributed by atoms with Crippen molar-refractivity contribution in [3.8, 4) is 0 Å². The van der Waals surface area contributed by atoms with Gasteiger partial charge in [0.2, 0.25) is 0 Å². The van der Waals surface area contributed by atoms with Crippen molar-refractivity contribution in [2.45, 2.75) is 57.7 Å². The van der Waals surface area contributed by atoms with Crippen LogP contribution in [0.25, 0.3) is 0 Å². The smallest absolute Gasteiger partial charge is 0.251 e. The molecule has 1 heterocycles. The highest BCUT2D eigenvalue weighted by Gasteiger charge is 2.43. The number of piperidine rings is 1. The van der Waals surface area contributed by atoms with Gasteiger partial charge in [-0.05, 0) is 71.8 Å². The van der Waals surface area contributed by atoms with Crippen molar-refractivity contribution in [1.82, 2.24) is 10.2 Å². The Balaban J connectivity index is 2.09. The Morgan fingerprint density at radius 2 is 1.62 bits per heavy atom. The Labute approximate surface area is 127 Å². The van der Waals surface area contributed by atoms with Gasteiger partial charge in [-0.25, -0.2) is 0 Å². The fourth-order valence-corrected chi connectivity index (χ4v) is 3.38. The summed E-state index contributed by atoms with van der Waals surface area (Å²) < 4.78 is 0. The molecule has 0 atom stereocenters. The van der Waals surface area contributed by atoms with Crippen LogP contribution >= 0.6 is 0 Å². The molecular formula is C17H27N3O. The quantitative estimate of drug-likeness (QED) is 0.823. The van der Waals surface area contributed by atoms with Gasteiger partial charge in [-0.3, -0.25) is 9.69 Å². The molecule has 4 nitrogen and oxygen atoms in total. The molecular weight excluding hydrogens is 262 g/mol. The van der Waals surface area contributed by atoms with Gasteiger partial charge in [0.25, 0.3) is 5.91 Å². The zero-order chi connectivity index (χ0) is 15.8. The zero-order valence-electron chi connectivity index (χ0n) is 13.7.